The van der Waals surface area contributed by atoms with E-state index in [1.165, 1.54) is 6.07 Å². The third kappa shape index (κ3) is 1.81. The lowest BCUT2D eigenvalue weighted by Crippen LogP contribution is -2.20. The summed E-state index contributed by atoms with van der Waals surface area (Å²) < 4.78 is 13.5. The standard InChI is InChI=1S/C10H9FN2O2/c11-8-4-7(12-5-14)3-6-1-2-9(15)13-10(6)8/h3-5H,1-2H2,(H,12,14)(H,13,15). The van der Waals surface area contributed by atoms with Crippen LogP contribution in [0.3, 0.4) is 0 Å². The topological polar surface area (TPSA) is 58.2 Å². The minimum absolute atomic E-state index is 0.183. The molecule has 0 aliphatic carbocycles. The Bertz CT molecular complexity index is 432. The molecular weight excluding hydrogens is 199 g/mol. The molecule has 5 heteroatoms. The molecule has 0 radical (unpaired) electrons. The second-order valence-electron chi connectivity index (χ2n) is 3.30. The molecule has 0 saturated carbocycles. The van der Waals surface area contributed by atoms with Crippen LogP contribution >= 0.6 is 0 Å². The van der Waals surface area contributed by atoms with E-state index in [9.17, 15) is 14.0 Å². The molecule has 78 valence electrons. The van der Waals surface area contributed by atoms with Crippen LogP contribution in [0.5, 0.6) is 0 Å². The molecule has 0 spiro atoms. The number of rotatable bonds is 2. The van der Waals surface area contributed by atoms with Crippen molar-refractivity contribution in [1.82, 2.24) is 0 Å². The number of halogens is 1. The summed E-state index contributed by atoms with van der Waals surface area (Å²) in [6.45, 7) is 0. The monoisotopic (exact) mass is 208 g/mol. The zero-order chi connectivity index (χ0) is 10.8. The summed E-state index contributed by atoms with van der Waals surface area (Å²) in [4.78, 5) is 21.2. The van der Waals surface area contributed by atoms with Gasteiger partial charge in [-0.15, -0.1) is 0 Å². The van der Waals surface area contributed by atoms with Crippen molar-refractivity contribution in [2.45, 2.75) is 12.8 Å². The molecule has 0 aromatic heterocycles. The maximum Gasteiger partial charge on any atom is 0.224 e. The number of carbonyl (C=O) groups is 2. The summed E-state index contributed by atoms with van der Waals surface area (Å²) >= 11 is 0. The van der Waals surface area contributed by atoms with Crippen molar-refractivity contribution in [2.24, 2.45) is 0 Å². The van der Waals surface area contributed by atoms with E-state index >= 15 is 0 Å². The van der Waals surface area contributed by atoms with Crippen LogP contribution in [-0.2, 0) is 16.0 Å². The molecule has 15 heavy (non-hydrogen) atoms. The van der Waals surface area contributed by atoms with Gasteiger partial charge in [-0.1, -0.05) is 0 Å². The minimum atomic E-state index is -0.523. The lowest BCUT2D eigenvalue weighted by molar-refractivity contribution is -0.116. The van der Waals surface area contributed by atoms with Crippen molar-refractivity contribution in [1.29, 1.82) is 0 Å². The first-order valence-electron chi connectivity index (χ1n) is 4.53. The van der Waals surface area contributed by atoms with E-state index in [0.29, 0.717) is 30.5 Å². The summed E-state index contributed by atoms with van der Waals surface area (Å²) in [5.74, 6) is -0.706. The third-order valence-corrected chi connectivity index (χ3v) is 2.28. The zero-order valence-corrected chi connectivity index (χ0v) is 7.84. The molecule has 1 aliphatic heterocycles. The van der Waals surface area contributed by atoms with E-state index in [2.05, 4.69) is 10.6 Å². The number of hydrogen-bond donors (Lipinski definition) is 2. The van der Waals surface area contributed by atoms with Crippen LogP contribution in [0.1, 0.15) is 12.0 Å². The van der Waals surface area contributed by atoms with Gasteiger partial charge in [0.2, 0.25) is 12.3 Å². The van der Waals surface area contributed by atoms with Crippen molar-refractivity contribution < 1.29 is 14.0 Å². The Kier molecular flexibility index (Phi) is 2.37. The van der Waals surface area contributed by atoms with Gasteiger partial charge in [0, 0.05) is 12.1 Å². The minimum Gasteiger partial charge on any atom is -0.329 e. The van der Waals surface area contributed by atoms with Crippen molar-refractivity contribution in [3.8, 4) is 0 Å². The van der Waals surface area contributed by atoms with Crippen LogP contribution in [0.15, 0.2) is 12.1 Å². The van der Waals surface area contributed by atoms with Crippen LogP contribution in [0.2, 0.25) is 0 Å². The molecule has 1 aliphatic rings. The molecule has 4 nitrogen and oxygen atoms in total. The Hall–Kier alpha value is -1.91. The lowest BCUT2D eigenvalue weighted by Gasteiger charge is -2.18. The summed E-state index contributed by atoms with van der Waals surface area (Å²) in [5, 5.41) is 4.84. The van der Waals surface area contributed by atoms with E-state index in [1.54, 1.807) is 6.07 Å². The number of carbonyl (C=O) groups excluding carboxylic acids is 2. The van der Waals surface area contributed by atoms with Gasteiger partial charge in [-0.3, -0.25) is 9.59 Å². The smallest absolute Gasteiger partial charge is 0.224 e. The van der Waals surface area contributed by atoms with E-state index in [0.717, 1.165) is 0 Å². The molecule has 1 aromatic carbocycles. The average molecular weight is 208 g/mol. The fourth-order valence-corrected chi connectivity index (χ4v) is 1.60. The number of anilines is 2. The van der Waals surface area contributed by atoms with Crippen molar-refractivity contribution in [3.05, 3.63) is 23.5 Å². The van der Waals surface area contributed by atoms with Crippen LogP contribution in [0, 0.1) is 5.82 Å². The summed E-state index contributed by atoms with van der Waals surface area (Å²) in [5.41, 5.74) is 1.33. The summed E-state index contributed by atoms with van der Waals surface area (Å²) in [6.07, 6.45) is 1.33. The number of benzene rings is 1. The Morgan fingerprint density at radius 3 is 2.93 bits per heavy atom. The molecule has 2 N–H and O–H groups in total. The highest BCUT2D eigenvalue weighted by atomic mass is 19.1. The van der Waals surface area contributed by atoms with Gasteiger partial charge in [0.05, 0.1) is 5.69 Å². The van der Waals surface area contributed by atoms with Crippen molar-refractivity contribution in [2.75, 3.05) is 10.6 Å². The summed E-state index contributed by atoms with van der Waals surface area (Å²) in [7, 11) is 0. The molecule has 0 fully saturated rings. The molecule has 1 heterocycles. The summed E-state index contributed by atoms with van der Waals surface area (Å²) in [6, 6.07) is 2.84. The number of hydrogen-bond acceptors (Lipinski definition) is 2. The molecule has 0 atom stereocenters. The second kappa shape index (κ2) is 3.68. The maximum atomic E-state index is 13.5. The largest absolute Gasteiger partial charge is 0.329 e. The number of amides is 2. The Morgan fingerprint density at radius 2 is 2.20 bits per heavy atom. The zero-order valence-electron chi connectivity index (χ0n) is 7.84. The van der Waals surface area contributed by atoms with Gasteiger partial charge in [0.15, 0.2) is 0 Å². The Balaban J connectivity index is 2.42. The van der Waals surface area contributed by atoms with Gasteiger partial charge < -0.3 is 10.6 Å². The van der Waals surface area contributed by atoms with Gasteiger partial charge in [-0.2, -0.15) is 0 Å². The van der Waals surface area contributed by atoms with Crippen LogP contribution < -0.4 is 10.6 Å². The Labute approximate surface area is 85.5 Å². The first kappa shape index (κ1) is 9.64. The van der Waals surface area contributed by atoms with E-state index < -0.39 is 5.82 Å². The number of fused-ring (bicyclic) bond motifs is 1. The Morgan fingerprint density at radius 1 is 1.40 bits per heavy atom. The highest BCUT2D eigenvalue weighted by molar-refractivity contribution is 5.94. The van der Waals surface area contributed by atoms with Gasteiger partial charge in [0.25, 0.3) is 0 Å². The molecule has 0 bridgehead atoms. The molecule has 0 saturated heterocycles. The third-order valence-electron chi connectivity index (χ3n) is 2.28. The first-order chi connectivity index (χ1) is 7.20. The molecular formula is C10H9FN2O2. The fraction of sp³-hybridized carbons (Fsp3) is 0.200. The number of aryl methyl sites for hydroxylation is 1. The molecule has 1 aromatic rings. The van der Waals surface area contributed by atoms with Crippen molar-refractivity contribution >= 4 is 23.7 Å². The SMILES string of the molecule is O=CNc1cc(F)c2c(c1)CCC(=O)N2. The normalized spacial score (nSPS) is 14.1. The molecule has 2 rings (SSSR count). The van der Waals surface area contributed by atoms with Gasteiger partial charge in [-0.05, 0) is 24.1 Å². The maximum absolute atomic E-state index is 13.5. The fourth-order valence-electron chi connectivity index (χ4n) is 1.60. The van der Waals surface area contributed by atoms with E-state index in [-0.39, 0.29) is 11.6 Å². The molecule has 2 amide bonds. The second-order valence-corrected chi connectivity index (χ2v) is 3.30. The predicted molar refractivity (Wildman–Crippen MR) is 53.0 cm³/mol. The van der Waals surface area contributed by atoms with Gasteiger partial charge in [0.1, 0.15) is 5.82 Å². The van der Waals surface area contributed by atoms with Crippen LogP contribution in [0.25, 0.3) is 0 Å². The van der Waals surface area contributed by atoms with E-state index in [1.807, 2.05) is 0 Å². The van der Waals surface area contributed by atoms with Gasteiger partial charge >= 0.3 is 0 Å². The molecule has 0 unspecified atom stereocenters. The first-order valence-corrected chi connectivity index (χ1v) is 4.53. The van der Waals surface area contributed by atoms with Crippen molar-refractivity contribution in [3.63, 3.8) is 0 Å². The van der Waals surface area contributed by atoms with E-state index in [4.69, 9.17) is 0 Å². The van der Waals surface area contributed by atoms with Crippen LogP contribution in [-0.4, -0.2) is 12.3 Å². The highest BCUT2D eigenvalue weighted by Crippen LogP contribution is 2.28. The highest BCUT2D eigenvalue weighted by Gasteiger charge is 2.18. The van der Waals surface area contributed by atoms with Gasteiger partial charge in [-0.25, -0.2) is 4.39 Å². The van der Waals surface area contributed by atoms with Crippen LogP contribution in [0.4, 0.5) is 15.8 Å². The quantitative estimate of drug-likeness (QED) is 0.719. The lowest BCUT2D eigenvalue weighted by atomic mass is 10.0. The number of nitrogens with one attached hydrogen (secondary N) is 2. The average Bonchev–Trinajstić information content (AvgIpc) is 2.20. The predicted octanol–water partition coefficient (Wildman–Crippen LogP) is 1.28.